The number of hydrogen-bond donors (Lipinski definition) is 1. The van der Waals surface area contributed by atoms with Crippen molar-refractivity contribution >= 4 is 27.3 Å². The third kappa shape index (κ3) is 4.52. The highest BCUT2D eigenvalue weighted by molar-refractivity contribution is 7.91. The number of sulfonamides is 1. The topological polar surface area (TPSA) is 66.5 Å². The Bertz CT molecular complexity index is 830. The minimum atomic E-state index is -3.48. The van der Waals surface area contributed by atoms with E-state index in [1.54, 1.807) is 17.5 Å². The SMILES string of the molecule is Cc1ccc(CCNC(=O)[C@H]2CCCN(S(=O)(=O)c3cccs3)C2)cc1. The van der Waals surface area contributed by atoms with Gasteiger partial charge in [-0.25, -0.2) is 8.42 Å². The molecule has 2 aromatic rings. The molecular formula is C19H24N2O3S2. The highest BCUT2D eigenvalue weighted by Gasteiger charge is 2.33. The van der Waals surface area contributed by atoms with Gasteiger partial charge in [-0.15, -0.1) is 11.3 Å². The van der Waals surface area contributed by atoms with Gasteiger partial charge in [0.15, 0.2) is 0 Å². The molecule has 1 aromatic carbocycles. The van der Waals surface area contributed by atoms with E-state index >= 15 is 0 Å². The molecule has 0 radical (unpaired) electrons. The number of nitrogens with zero attached hydrogens (tertiary/aromatic N) is 1. The van der Waals surface area contributed by atoms with Crippen LogP contribution in [0.2, 0.25) is 0 Å². The van der Waals surface area contributed by atoms with E-state index in [2.05, 4.69) is 29.6 Å². The fourth-order valence-electron chi connectivity index (χ4n) is 3.14. The number of rotatable bonds is 6. The largest absolute Gasteiger partial charge is 0.355 e. The average molecular weight is 393 g/mol. The zero-order valence-electron chi connectivity index (χ0n) is 14.8. The summed E-state index contributed by atoms with van der Waals surface area (Å²) in [6, 6.07) is 11.6. The number of piperidine rings is 1. The van der Waals surface area contributed by atoms with Crippen LogP contribution in [0.25, 0.3) is 0 Å². The molecule has 1 atom stereocenters. The molecule has 3 rings (SSSR count). The Balaban J connectivity index is 1.54. The Morgan fingerprint density at radius 2 is 2.04 bits per heavy atom. The van der Waals surface area contributed by atoms with Crippen LogP contribution in [0.4, 0.5) is 0 Å². The van der Waals surface area contributed by atoms with Crippen LogP contribution in [-0.4, -0.2) is 38.3 Å². The number of aryl methyl sites for hydroxylation is 1. The lowest BCUT2D eigenvalue weighted by atomic mass is 9.98. The summed E-state index contributed by atoms with van der Waals surface area (Å²) in [5.74, 6) is -0.334. The molecule has 1 fully saturated rings. The first kappa shape index (κ1) is 19.1. The molecule has 7 heteroatoms. The molecule has 1 aliphatic rings. The maximum absolute atomic E-state index is 12.6. The van der Waals surface area contributed by atoms with Crippen LogP contribution >= 0.6 is 11.3 Å². The Hall–Kier alpha value is -1.70. The molecule has 0 bridgehead atoms. The summed E-state index contributed by atoms with van der Waals surface area (Å²) in [7, 11) is -3.48. The van der Waals surface area contributed by atoms with Gasteiger partial charge in [-0.1, -0.05) is 35.9 Å². The summed E-state index contributed by atoms with van der Waals surface area (Å²) in [6.07, 6.45) is 2.21. The van der Waals surface area contributed by atoms with Crippen LogP contribution in [0.3, 0.4) is 0 Å². The van der Waals surface area contributed by atoms with Crippen molar-refractivity contribution in [3.63, 3.8) is 0 Å². The summed E-state index contributed by atoms with van der Waals surface area (Å²) in [5, 5.41) is 4.72. The van der Waals surface area contributed by atoms with E-state index in [4.69, 9.17) is 0 Å². The minimum absolute atomic E-state index is 0.0526. The number of amides is 1. The zero-order valence-corrected chi connectivity index (χ0v) is 16.5. The third-order valence-corrected chi connectivity index (χ3v) is 7.92. The predicted octanol–water partition coefficient (Wildman–Crippen LogP) is 2.82. The van der Waals surface area contributed by atoms with Gasteiger partial charge in [-0.3, -0.25) is 4.79 Å². The van der Waals surface area contributed by atoms with Gasteiger partial charge >= 0.3 is 0 Å². The monoisotopic (exact) mass is 392 g/mol. The van der Waals surface area contributed by atoms with E-state index in [-0.39, 0.29) is 18.4 Å². The molecular weight excluding hydrogens is 368 g/mol. The number of carbonyl (C=O) groups is 1. The van der Waals surface area contributed by atoms with E-state index in [1.165, 1.54) is 26.8 Å². The van der Waals surface area contributed by atoms with Crippen molar-refractivity contribution in [2.75, 3.05) is 19.6 Å². The Morgan fingerprint density at radius 3 is 2.73 bits per heavy atom. The average Bonchev–Trinajstić information content (AvgIpc) is 3.19. The van der Waals surface area contributed by atoms with Gasteiger partial charge in [0.2, 0.25) is 5.91 Å². The van der Waals surface area contributed by atoms with Crippen LogP contribution in [0, 0.1) is 12.8 Å². The molecule has 140 valence electrons. The number of carbonyl (C=O) groups excluding carboxylic acids is 1. The van der Waals surface area contributed by atoms with E-state index < -0.39 is 10.0 Å². The summed E-state index contributed by atoms with van der Waals surface area (Å²) in [4.78, 5) is 12.5. The van der Waals surface area contributed by atoms with Crippen LogP contribution in [0.5, 0.6) is 0 Å². The lowest BCUT2D eigenvalue weighted by molar-refractivity contribution is -0.126. The van der Waals surface area contributed by atoms with E-state index in [0.29, 0.717) is 23.7 Å². The molecule has 1 aliphatic heterocycles. The normalized spacial score (nSPS) is 18.6. The van der Waals surface area contributed by atoms with Gasteiger partial charge in [-0.05, 0) is 43.2 Å². The third-order valence-electron chi connectivity index (χ3n) is 4.68. The van der Waals surface area contributed by atoms with Crippen LogP contribution < -0.4 is 5.32 Å². The number of hydrogen-bond acceptors (Lipinski definition) is 4. The molecule has 1 aromatic heterocycles. The van der Waals surface area contributed by atoms with Crippen molar-refractivity contribution in [3.05, 3.63) is 52.9 Å². The number of benzene rings is 1. The maximum Gasteiger partial charge on any atom is 0.252 e. The van der Waals surface area contributed by atoms with Crippen molar-refractivity contribution in [1.82, 2.24) is 9.62 Å². The summed E-state index contributed by atoms with van der Waals surface area (Å²) in [5.41, 5.74) is 2.40. The van der Waals surface area contributed by atoms with Gasteiger partial charge in [0.25, 0.3) is 10.0 Å². The smallest absolute Gasteiger partial charge is 0.252 e. The molecule has 0 spiro atoms. The van der Waals surface area contributed by atoms with E-state index in [9.17, 15) is 13.2 Å². The lowest BCUT2D eigenvalue weighted by Crippen LogP contribution is -2.45. The molecule has 0 aliphatic carbocycles. The van der Waals surface area contributed by atoms with Gasteiger partial charge < -0.3 is 5.32 Å². The molecule has 2 heterocycles. The predicted molar refractivity (Wildman–Crippen MR) is 104 cm³/mol. The molecule has 0 unspecified atom stereocenters. The standard InChI is InChI=1S/C19H24N2O3S2/c1-15-6-8-16(9-7-15)10-11-20-19(22)17-4-2-12-21(14-17)26(23,24)18-5-3-13-25-18/h3,5-9,13,17H,2,4,10-12,14H2,1H3,(H,20,22)/t17-/m0/s1. The molecule has 1 saturated heterocycles. The van der Waals surface area contributed by atoms with Gasteiger partial charge in [0.1, 0.15) is 4.21 Å². The summed E-state index contributed by atoms with van der Waals surface area (Å²) in [6.45, 7) is 3.35. The van der Waals surface area contributed by atoms with E-state index in [0.717, 1.165) is 12.8 Å². The second kappa shape index (κ2) is 8.33. The van der Waals surface area contributed by atoms with Crippen molar-refractivity contribution in [1.29, 1.82) is 0 Å². The van der Waals surface area contributed by atoms with Crippen molar-refractivity contribution in [2.24, 2.45) is 5.92 Å². The van der Waals surface area contributed by atoms with Crippen LogP contribution in [0.15, 0.2) is 46.0 Å². The molecule has 0 saturated carbocycles. The van der Waals surface area contributed by atoms with Crippen molar-refractivity contribution in [3.8, 4) is 0 Å². The Labute approximate surface area is 159 Å². The summed E-state index contributed by atoms with van der Waals surface area (Å²) >= 11 is 1.22. The molecule has 5 nitrogen and oxygen atoms in total. The zero-order chi connectivity index (χ0) is 18.6. The maximum atomic E-state index is 12.6. The van der Waals surface area contributed by atoms with Gasteiger partial charge in [0.05, 0.1) is 5.92 Å². The number of nitrogens with one attached hydrogen (secondary N) is 1. The molecule has 26 heavy (non-hydrogen) atoms. The van der Waals surface area contributed by atoms with Gasteiger partial charge in [0, 0.05) is 19.6 Å². The quantitative estimate of drug-likeness (QED) is 0.822. The van der Waals surface area contributed by atoms with Gasteiger partial charge in [-0.2, -0.15) is 4.31 Å². The fourth-order valence-corrected chi connectivity index (χ4v) is 5.81. The van der Waals surface area contributed by atoms with E-state index in [1.807, 2.05) is 6.92 Å². The first-order chi connectivity index (χ1) is 12.5. The van der Waals surface area contributed by atoms with Crippen molar-refractivity contribution in [2.45, 2.75) is 30.4 Å². The Kier molecular flexibility index (Phi) is 6.11. The summed E-state index contributed by atoms with van der Waals surface area (Å²) < 4.78 is 27.1. The van der Waals surface area contributed by atoms with Crippen molar-refractivity contribution < 1.29 is 13.2 Å². The van der Waals surface area contributed by atoms with Crippen LogP contribution in [0.1, 0.15) is 24.0 Å². The fraction of sp³-hybridized carbons (Fsp3) is 0.421. The second-order valence-electron chi connectivity index (χ2n) is 6.66. The number of thiophene rings is 1. The second-order valence-corrected chi connectivity index (χ2v) is 9.77. The molecule has 1 amide bonds. The first-order valence-corrected chi connectivity index (χ1v) is 11.2. The van der Waals surface area contributed by atoms with Crippen LogP contribution in [-0.2, 0) is 21.2 Å². The molecule has 1 N–H and O–H groups in total. The minimum Gasteiger partial charge on any atom is -0.355 e. The Morgan fingerprint density at radius 1 is 1.27 bits per heavy atom. The first-order valence-electron chi connectivity index (χ1n) is 8.84. The highest BCUT2D eigenvalue weighted by atomic mass is 32.2. The lowest BCUT2D eigenvalue weighted by Gasteiger charge is -2.30. The highest BCUT2D eigenvalue weighted by Crippen LogP contribution is 2.26.